The highest BCUT2D eigenvalue weighted by Gasteiger charge is 2.39. The van der Waals surface area contributed by atoms with Gasteiger partial charge in [0.2, 0.25) is 5.91 Å². The summed E-state index contributed by atoms with van der Waals surface area (Å²) in [5, 5.41) is 4.14. The standard InChI is InChI=1S/C26H23N3O4S/c1-15-4-10-19-23(12-15)34-25(28-19)16-5-7-17(8-6-16)27-20-14-24(30)29(26(20)31)18-9-11-21(32-2)22(13-18)33-3/h4-13,20,27H,14H2,1-3H3. The maximum Gasteiger partial charge on any atom is 0.256 e. The van der Waals surface area contributed by atoms with Gasteiger partial charge in [0, 0.05) is 17.3 Å². The summed E-state index contributed by atoms with van der Waals surface area (Å²) in [6, 6.07) is 18.3. The molecular formula is C26H23N3O4S. The highest BCUT2D eigenvalue weighted by Crippen LogP contribution is 2.35. The highest BCUT2D eigenvalue weighted by molar-refractivity contribution is 7.21. The number of aromatic nitrogens is 1. The molecule has 1 saturated heterocycles. The third kappa shape index (κ3) is 3.97. The minimum atomic E-state index is -0.642. The lowest BCUT2D eigenvalue weighted by atomic mass is 10.2. The van der Waals surface area contributed by atoms with E-state index in [0.717, 1.165) is 26.5 Å². The molecule has 172 valence electrons. The van der Waals surface area contributed by atoms with Gasteiger partial charge in [-0.1, -0.05) is 6.07 Å². The van der Waals surface area contributed by atoms with Crippen LogP contribution in [0, 0.1) is 6.92 Å². The van der Waals surface area contributed by atoms with E-state index in [1.165, 1.54) is 24.7 Å². The molecular weight excluding hydrogens is 450 g/mol. The van der Waals surface area contributed by atoms with Crippen LogP contribution in [-0.4, -0.2) is 37.1 Å². The maximum atomic E-state index is 13.1. The van der Waals surface area contributed by atoms with Gasteiger partial charge in [-0.15, -0.1) is 11.3 Å². The Morgan fingerprint density at radius 1 is 0.971 bits per heavy atom. The van der Waals surface area contributed by atoms with Crippen molar-refractivity contribution in [3.8, 4) is 22.1 Å². The molecule has 8 heteroatoms. The van der Waals surface area contributed by atoms with E-state index in [-0.39, 0.29) is 18.2 Å². The number of fused-ring (bicyclic) bond motifs is 1. The molecule has 34 heavy (non-hydrogen) atoms. The van der Waals surface area contributed by atoms with E-state index in [9.17, 15) is 9.59 Å². The SMILES string of the molecule is COc1ccc(N2C(=O)CC(Nc3ccc(-c4nc5ccc(C)cc5s4)cc3)C2=O)cc1OC. The van der Waals surface area contributed by atoms with Gasteiger partial charge < -0.3 is 14.8 Å². The van der Waals surface area contributed by atoms with Crippen LogP contribution >= 0.6 is 11.3 Å². The van der Waals surface area contributed by atoms with Crippen LogP contribution in [0.4, 0.5) is 11.4 Å². The van der Waals surface area contributed by atoms with Gasteiger partial charge in [-0.3, -0.25) is 9.59 Å². The lowest BCUT2D eigenvalue weighted by Gasteiger charge is -2.18. The number of amides is 2. The quantitative estimate of drug-likeness (QED) is 0.396. The Hall–Kier alpha value is -3.91. The number of carbonyl (C=O) groups excluding carboxylic acids is 2. The molecule has 1 aliphatic heterocycles. The fourth-order valence-corrected chi connectivity index (χ4v) is 5.11. The zero-order valence-electron chi connectivity index (χ0n) is 19.0. The molecule has 0 aliphatic carbocycles. The Balaban J connectivity index is 1.32. The number of thiazole rings is 1. The molecule has 1 aliphatic rings. The van der Waals surface area contributed by atoms with E-state index in [0.29, 0.717) is 17.2 Å². The number of rotatable bonds is 6. The summed E-state index contributed by atoms with van der Waals surface area (Å²) in [7, 11) is 3.05. The van der Waals surface area contributed by atoms with Crippen molar-refractivity contribution in [3.63, 3.8) is 0 Å². The molecule has 5 rings (SSSR count). The summed E-state index contributed by atoms with van der Waals surface area (Å²) in [6.45, 7) is 2.07. The number of hydrogen-bond donors (Lipinski definition) is 1. The lowest BCUT2D eigenvalue weighted by molar-refractivity contribution is -0.121. The van der Waals surface area contributed by atoms with Crippen LogP contribution in [0.2, 0.25) is 0 Å². The summed E-state index contributed by atoms with van der Waals surface area (Å²) < 4.78 is 11.7. The first-order chi connectivity index (χ1) is 16.5. The summed E-state index contributed by atoms with van der Waals surface area (Å²) in [5.41, 5.74) is 4.42. The maximum absolute atomic E-state index is 13.1. The smallest absolute Gasteiger partial charge is 0.256 e. The second-order valence-corrected chi connectivity index (χ2v) is 9.11. The molecule has 4 aromatic rings. The molecule has 0 radical (unpaired) electrons. The van der Waals surface area contributed by atoms with Crippen molar-refractivity contribution in [1.29, 1.82) is 0 Å². The molecule has 3 aromatic carbocycles. The van der Waals surface area contributed by atoms with Gasteiger partial charge in [0.05, 0.1) is 36.5 Å². The molecule has 1 atom stereocenters. The van der Waals surface area contributed by atoms with Gasteiger partial charge in [0.15, 0.2) is 11.5 Å². The average Bonchev–Trinajstić information content (AvgIpc) is 3.38. The second kappa shape index (κ2) is 8.79. The third-order valence-electron chi connectivity index (χ3n) is 5.79. The molecule has 7 nitrogen and oxygen atoms in total. The number of carbonyl (C=O) groups is 2. The predicted octanol–water partition coefficient (Wildman–Crippen LogP) is 5.03. The minimum Gasteiger partial charge on any atom is -0.493 e. The van der Waals surface area contributed by atoms with E-state index in [2.05, 4.69) is 24.4 Å². The fourth-order valence-electron chi connectivity index (χ4n) is 4.05. The van der Waals surface area contributed by atoms with Crippen LogP contribution in [0.5, 0.6) is 11.5 Å². The van der Waals surface area contributed by atoms with Crippen molar-refractivity contribution in [2.24, 2.45) is 0 Å². The van der Waals surface area contributed by atoms with Crippen molar-refractivity contribution in [2.45, 2.75) is 19.4 Å². The Bertz CT molecular complexity index is 1400. The monoisotopic (exact) mass is 473 g/mol. The van der Waals surface area contributed by atoms with Gasteiger partial charge >= 0.3 is 0 Å². The summed E-state index contributed by atoms with van der Waals surface area (Å²) in [4.78, 5) is 31.6. The lowest BCUT2D eigenvalue weighted by Crippen LogP contribution is -2.34. The van der Waals surface area contributed by atoms with Gasteiger partial charge in [0.25, 0.3) is 5.91 Å². The van der Waals surface area contributed by atoms with E-state index in [1.807, 2.05) is 30.3 Å². The Labute approximate surface area is 200 Å². The number of anilines is 2. The first-order valence-electron chi connectivity index (χ1n) is 10.8. The molecule has 1 aromatic heterocycles. The van der Waals surface area contributed by atoms with Crippen LogP contribution in [0.3, 0.4) is 0 Å². The van der Waals surface area contributed by atoms with Crippen molar-refractivity contribution in [3.05, 3.63) is 66.2 Å². The summed E-state index contributed by atoms with van der Waals surface area (Å²) in [6.07, 6.45) is 0.0755. The molecule has 1 N–H and O–H groups in total. The number of methoxy groups -OCH3 is 2. The van der Waals surface area contributed by atoms with Crippen molar-refractivity contribution < 1.29 is 19.1 Å². The van der Waals surface area contributed by atoms with Crippen LogP contribution in [0.25, 0.3) is 20.8 Å². The topological polar surface area (TPSA) is 80.8 Å². The van der Waals surface area contributed by atoms with E-state index in [4.69, 9.17) is 14.5 Å². The van der Waals surface area contributed by atoms with Crippen LogP contribution in [0.1, 0.15) is 12.0 Å². The third-order valence-corrected chi connectivity index (χ3v) is 6.86. The van der Waals surface area contributed by atoms with E-state index >= 15 is 0 Å². The number of imide groups is 1. The molecule has 1 fully saturated rings. The first kappa shape index (κ1) is 21.9. The van der Waals surface area contributed by atoms with Gasteiger partial charge in [-0.2, -0.15) is 0 Å². The normalized spacial score (nSPS) is 15.7. The van der Waals surface area contributed by atoms with Crippen LogP contribution in [-0.2, 0) is 9.59 Å². The summed E-state index contributed by atoms with van der Waals surface area (Å²) >= 11 is 1.65. The Morgan fingerprint density at radius 2 is 1.74 bits per heavy atom. The number of benzene rings is 3. The number of nitrogens with zero attached hydrogens (tertiary/aromatic N) is 2. The molecule has 2 amide bonds. The first-order valence-corrected chi connectivity index (χ1v) is 11.6. The largest absolute Gasteiger partial charge is 0.493 e. The zero-order chi connectivity index (χ0) is 23.8. The highest BCUT2D eigenvalue weighted by atomic mass is 32.1. The minimum absolute atomic E-state index is 0.0755. The van der Waals surface area contributed by atoms with E-state index < -0.39 is 6.04 Å². The number of hydrogen-bond acceptors (Lipinski definition) is 7. The molecule has 0 spiro atoms. The van der Waals surface area contributed by atoms with Gasteiger partial charge in [-0.25, -0.2) is 9.88 Å². The number of nitrogens with one attached hydrogen (secondary N) is 1. The fraction of sp³-hybridized carbons (Fsp3) is 0.192. The second-order valence-electron chi connectivity index (χ2n) is 8.08. The molecule has 0 bridgehead atoms. The van der Waals surface area contributed by atoms with Crippen molar-refractivity contribution in [2.75, 3.05) is 24.4 Å². The van der Waals surface area contributed by atoms with Crippen molar-refractivity contribution >= 4 is 44.7 Å². The molecule has 2 heterocycles. The van der Waals surface area contributed by atoms with Crippen LogP contribution in [0.15, 0.2) is 60.7 Å². The summed E-state index contributed by atoms with van der Waals surface area (Å²) in [5.74, 6) is 0.417. The zero-order valence-corrected chi connectivity index (χ0v) is 19.8. The Morgan fingerprint density at radius 3 is 2.47 bits per heavy atom. The number of aryl methyl sites for hydroxylation is 1. The van der Waals surface area contributed by atoms with Crippen LogP contribution < -0.4 is 19.7 Å². The van der Waals surface area contributed by atoms with E-state index in [1.54, 1.807) is 29.5 Å². The molecule has 0 saturated carbocycles. The predicted molar refractivity (Wildman–Crippen MR) is 134 cm³/mol. The Kier molecular flexibility index (Phi) is 5.67. The average molecular weight is 474 g/mol. The van der Waals surface area contributed by atoms with Gasteiger partial charge in [-0.05, 0) is 61.0 Å². The van der Waals surface area contributed by atoms with Crippen molar-refractivity contribution in [1.82, 2.24) is 4.98 Å². The van der Waals surface area contributed by atoms with Gasteiger partial charge in [0.1, 0.15) is 11.0 Å². The number of ether oxygens (including phenoxy) is 2. The molecule has 1 unspecified atom stereocenters.